The molecule has 2 heterocycles. The third kappa shape index (κ3) is 4.77. The van der Waals surface area contributed by atoms with Gasteiger partial charge in [-0.3, -0.25) is 4.99 Å². The van der Waals surface area contributed by atoms with Crippen molar-refractivity contribution in [3.63, 3.8) is 0 Å². The van der Waals surface area contributed by atoms with Gasteiger partial charge in [-0.05, 0) is 24.2 Å². The number of hydrogen-bond acceptors (Lipinski definition) is 3. The molecule has 3 rings (SSSR count). The highest BCUT2D eigenvalue weighted by Crippen LogP contribution is 2.16. The van der Waals surface area contributed by atoms with Crippen molar-refractivity contribution in [1.29, 1.82) is 0 Å². The number of benzene rings is 1. The van der Waals surface area contributed by atoms with Gasteiger partial charge >= 0.3 is 0 Å². The second-order valence-corrected chi connectivity index (χ2v) is 7.09. The van der Waals surface area contributed by atoms with E-state index in [-0.39, 0.29) is 0 Å². The molecule has 24 heavy (non-hydrogen) atoms. The Labute approximate surface area is 148 Å². The second-order valence-electron chi connectivity index (χ2n) is 5.94. The highest BCUT2D eigenvalue weighted by Gasteiger charge is 2.15. The Balaban J connectivity index is 1.55. The van der Waals surface area contributed by atoms with E-state index in [0.29, 0.717) is 12.6 Å². The topological polar surface area (TPSA) is 54.2 Å². The molecule has 2 N–H and O–H groups in total. The first-order chi connectivity index (χ1) is 11.8. The first-order valence-electron chi connectivity index (χ1n) is 8.44. The van der Waals surface area contributed by atoms with Gasteiger partial charge in [-0.1, -0.05) is 30.3 Å². The summed E-state index contributed by atoms with van der Waals surface area (Å²) in [7, 11) is 1.82. The number of nitrogens with one attached hydrogen (secondary N) is 2. The molecule has 128 valence electrons. The highest BCUT2D eigenvalue weighted by atomic mass is 32.2. The van der Waals surface area contributed by atoms with Crippen molar-refractivity contribution in [3.05, 3.63) is 54.1 Å². The molecule has 1 aliphatic heterocycles. The molecule has 0 saturated carbocycles. The van der Waals surface area contributed by atoms with E-state index in [2.05, 4.69) is 49.4 Å². The molecule has 1 aromatic heterocycles. The normalized spacial score (nSPS) is 18.4. The minimum absolute atomic E-state index is 0.513. The van der Waals surface area contributed by atoms with Crippen LogP contribution in [0, 0.1) is 0 Å². The summed E-state index contributed by atoms with van der Waals surface area (Å²) in [5.74, 6) is 4.31. The number of nitrogens with zero attached hydrogens (tertiary/aromatic N) is 3. The quantitative estimate of drug-likeness (QED) is 0.647. The van der Waals surface area contributed by atoms with Gasteiger partial charge in [0.1, 0.15) is 5.82 Å². The molecule has 0 aliphatic carbocycles. The minimum atomic E-state index is 0.513. The SMILES string of the molecule is CN=C(NCc1nccn1Cc1ccccc1)NC1CCCSC1. The molecule has 0 radical (unpaired) electrons. The molecule has 1 atom stereocenters. The van der Waals surface area contributed by atoms with Crippen LogP contribution in [0.3, 0.4) is 0 Å². The van der Waals surface area contributed by atoms with Gasteiger partial charge in [-0.2, -0.15) is 11.8 Å². The van der Waals surface area contributed by atoms with Gasteiger partial charge in [0.05, 0.1) is 6.54 Å². The van der Waals surface area contributed by atoms with E-state index >= 15 is 0 Å². The zero-order valence-electron chi connectivity index (χ0n) is 14.1. The molecule has 1 fully saturated rings. The van der Waals surface area contributed by atoms with Crippen molar-refractivity contribution >= 4 is 17.7 Å². The molecule has 1 saturated heterocycles. The van der Waals surface area contributed by atoms with Crippen molar-refractivity contribution in [3.8, 4) is 0 Å². The van der Waals surface area contributed by atoms with Crippen LogP contribution in [-0.2, 0) is 13.1 Å². The van der Waals surface area contributed by atoms with Crippen LogP contribution >= 0.6 is 11.8 Å². The Kier molecular flexibility index (Phi) is 6.18. The number of hydrogen-bond donors (Lipinski definition) is 2. The van der Waals surface area contributed by atoms with Crippen molar-refractivity contribution in [2.24, 2.45) is 4.99 Å². The number of aliphatic imine (C=N–C) groups is 1. The predicted octanol–water partition coefficient (Wildman–Crippen LogP) is 2.49. The first-order valence-corrected chi connectivity index (χ1v) is 9.59. The van der Waals surface area contributed by atoms with E-state index < -0.39 is 0 Å². The average molecular weight is 344 g/mol. The van der Waals surface area contributed by atoms with E-state index in [1.807, 2.05) is 37.3 Å². The minimum Gasteiger partial charge on any atom is -0.353 e. The fourth-order valence-corrected chi connectivity index (χ4v) is 3.91. The van der Waals surface area contributed by atoms with Crippen molar-refractivity contribution in [2.75, 3.05) is 18.6 Å². The zero-order valence-corrected chi connectivity index (χ0v) is 14.9. The van der Waals surface area contributed by atoms with Crippen LogP contribution in [0.4, 0.5) is 0 Å². The Morgan fingerprint density at radius 3 is 3.00 bits per heavy atom. The fourth-order valence-electron chi connectivity index (χ4n) is 2.84. The summed E-state index contributed by atoms with van der Waals surface area (Å²) in [6, 6.07) is 11.0. The van der Waals surface area contributed by atoms with Gasteiger partial charge in [0, 0.05) is 37.8 Å². The third-order valence-electron chi connectivity index (χ3n) is 4.14. The van der Waals surface area contributed by atoms with Gasteiger partial charge in [0.15, 0.2) is 5.96 Å². The van der Waals surface area contributed by atoms with Crippen LogP contribution < -0.4 is 10.6 Å². The number of thioether (sulfide) groups is 1. The third-order valence-corrected chi connectivity index (χ3v) is 5.35. The molecular formula is C18H25N5S. The Morgan fingerprint density at radius 2 is 2.25 bits per heavy atom. The Hall–Kier alpha value is -1.95. The predicted molar refractivity (Wildman–Crippen MR) is 101 cm³/mol. The number of imidazole rings is 1. The van der Waals surface area contributed by atoms with E-state index in [9.17, 15) is 0 Å². The lowest BCUT2D eigenvalue weighted by molar-refractivity contribution is 0.578. The summed E-state index contributed by atoms with van der Waals surface area (Å²) in [6.45, 7) is 1.50. The van der Waals surface area contributed by atoms with Crippen LogP contribution in [0.5, 0.6) is 0 Å². The van der Waals surface area contributed by atoms with Gasteiger partial charge in [0.25, 0.3) is 0 Å². The number of rotatable bonds is 5. The molecule has 0 spiro atoms. The van der Waals surface area contributed by atoms with Crippen LogP contribution in [0.15, 0.2) is 47.7 Å². The van der Waals surface area contributed by atoms with E-state index in [0.717, 1.165) is 24.1 Å². The Morgan fingerprint density at radius 1 is 1.38 bits per heavy atom. The molecule has 0 bridgehead atoms. The highest BCUT2D eigenvalue weighted by molar-refractivity contribution is 7.99. The average Bonchev–Trinajstić information content (AvgIpc) is 3.07. The lowest BCUT2D eigenvalue weighted by Gasteiger charge is -2.24. The summed E-state index contributed by atoms with van der Waals surface area (Å²) in [5, 5.41) is 6.91. The first kappa shape index (κ1) is 16.9. The van der Waals surface area contributed by atoms with Crippen molar-refractivity contribution < 1.29 is 0 Å². The van der Waals surface area contributed by atoms with Crippen molar-refractivity contribution in [2.45, 2.75) is 32.0 Å². The maximum absolute atomic E-state index is 4.48. The van der Waals surface area contributed by atoms with Crippen LogP contribution in [-0.4, -0.2) is 40.1 Å². The van der Waals surface area contributed by atoms with Gasteiger partial charge in [0.2, 0.25) is 0 Å². The lowest BCUT2D eigenvalue weighted by atomic mass is 10.2. The molecule has 6 heteroatoms. The van der Waals surface area contributed by atoms with Crippen LogP contribution in [0.1, 0.15) is 24.2 Å². The van der Waals surface area contributed by atoms with E-state index in [1.165, 1.54) is 24.2 Å². The monoisotopic (exact) mass is 343 g/mol. The standard InChI is InChI=1S/C18H25N5S/c1-19-18(22-16-8-5-11-24-14-16)21-12-17-20-9-10-23(17)13-15-6-3-2-4-7-15/h2-4,6-7,9-10,16H,5,8,11-14H2,1H3,(H2,19,21,22). The van der Waals surface area contributed by atoms with Crippen LogP contribution in [0.2, 0.25) is 0 Å². The maximum Gasteiger partial charge on any atom is 0.191 e. The maximum atomic E-state index is 4.48. The fraction of sp³-hybridized carbons (Fsp3) is 0.444. The molecule has 1 aliphatic rings. The van der Waals surface area contributed by atoms with Crippen molar-refractivity contribution in [1.82, 2.24) is 20.2 Å². The molecule has 0 amide bonds. The molecule has 2 aromatic rings. The van der Waals surface area contributed by atoms with E-state index in [4.69, 9.17) is 0 Å². The lowest BCUT2D eigenvalue weighted by Crippen LogP contribution is -2.45. The summed E-state index contributed by atoms with van der Waals surface area (Å²) >= 11 is 2.01. The summed E-state index contributed by atoms with van der Waals surface area (Å²) in [6.07, 6.45) is 6.38. The summed E-state index contributed by atoms with van der Waals surface area (Å²) < 4.78 is 2.17. The molecular weight excluding hydrogens is 318 g/mol. The molecule has 1 unspecified atom stereocenters. The van der Waals surface area contributed by atoms with Gasteiger partial charge < -0.3 is 15.2 Å². The van der Waals surface area contributed by atoms with E-state index in [1.54, 1.807) is 0 Å². The molecule has 5 nitrogen and oxygen atoms in total. The largest absolute Gasteiger partial charge is 0.353 e. The van der Waals surface area contributed by atoms with Crippen LogP contribution in [0.25, 0.3) is 0 Å². The number of guanidine groups is 1. The number of aromatic nitrogens is 2. The van der Waals surface area contributed by atoms with Gasteiger partial charge in [-0.25, -0.2) is 4.98 Å². The Bertz CT molecular complexity index is 646. The molecule has 1 aromatic carbocycles. The summed E-state index contributed by atoms with van der Waals surface area (Å²) in [4.78, 5) is 8.82. The summed E-state index contributed by atoms with van der Waals surface area (Å²) in [5.41, 5.74) is 1.28. The smallest absolute Gasteiger partial charge is 0.191 e. The van der Waals surface area contributed by atoms with Gasteiger partial charge in [-0.15, -0.1) is 0 Å². The zero-order chi connectivity index (χ0) is 16.6. The second kappa shape index (κ2) is 8.78.